The van der Waals surface area contributed by atoms with Gasteiger partial charge in [0.15, 0.2) is 0 Å². The number of rotatable bonds is 4. The highest BCUT2D eigenvalue weighted by molar-refractivity contribution is 6.05. The van der Waals surface area contributed by atoms with Gasteiger partial charge in [-0.05, 0) is 79.6 Å². The van der Waals surface area contributed by atoms with Crippen molar-refractivity contribution in [2.45, 2.75) is 52.5 Å². The van der Waals surface area contributed by atoms with Crippen LogP contribution in [0.1, 0.15) is 47.9 Å². The molecule has 0 saturated heterocycles. The van der Waals surface area contributed by atoms with E-state index in [1.807, 2.05) is 19.9 Å². The molecule has 5 heteroatoms. The first-order valence-corrected chi connectivity index (χ1v) is 10.3. The number of anilines is 2. The zero-order valence-electron chi connectivity index (χ0n) is 17.1. The molecule has 0 bridgehead atoms. The second kappa shape index (κ2) is 7.62. The molecule has 1 N–H and O–H groups in total. The summed E-state index contributed by atoms with van der Waals surface area (Å²) in [5.41, 5.74) is 5.22. The zero-order valence-corrected chi connectivity index (χ0v) is 17.1. The fourth-order valence-corrected chi connectivity index (χ4v) is 4.70. The molecule has 4 nitrogen and oxygen atoms in total. The molecule has 2 aromatic rings. The highest BCUT2D eigenvalue weighted by Gasteiger charge is 2.41. The fourth-order valence-electron chi connectivity index (χ4n) is 4.70. The van der Waals surface area contributed by atoms with E-state index in [9.17, 15) is 14.0 Å². The molecule has 0 aromatic heterocycles. The summed E-state index contributed by atoms with van der Waals surface area (Å²) >= 11 is 0. The number of carbonyl (C=O) groups is 2. The van der Waals surface area contributed by atoms with Crippen LogP contribution in [0, 0.1) is 25.1 Å². The Morgan fingerprint density at radius 2 is 1.79 bits per heavy atom. The molecule has 0 atom stereocenters. The van der Waals surface area contributed by atoms with E-state index in [1.54, 1.807) is 6.07 Å². The molecular formula is C24H27FN2O2. The number of amides is 1. The van der Waals surface area contributed by atoms with E-state index in [2.05, 4.69) is 22.3 Å². The van der Waals surface area contributed by atoms with E-state index in [0.29, 0.717) is 12.8 Å². The van der Waals surface area contributed by atoms with Crippen LogP contribution >= 0.6 is 0 Å². The van der Waals surface area contributed by atoms with Crippen LogP contribution in [0.3, 0.4) is 0 Å². The van der Waals surface area contributed by atoms with Crippen molar-refractivity contribution in [3.8, 4) is 0 Å². The Kier molecular flexibility index (Phi) is 5.15. The van der Waals surface area contributed by atoms with E-state index in [1.165, 1.54) is 6.07 Å². The number of fused-ring (bicyclic) bond motifs is 1. The molecule has 2 aliphatic rings. The SMILES string of the molecule is Cc1cc(N2CCc3cc(F)ccc3C2)cc(C)c1NC(=O)C1(C=O)CCCC1. The topological polar surface area (TPSA) is 49.4 Å². The van der Waals surface area contributed by atoms with Crippen molar-refractivity contribution >= 4 is 23.6 Å². The highest BCUT2D eigenvalue weighted by atomic mass is 19.1. The average Bonchev–Trinajstić information content (AvgIpc) is 3.20. The van der Waals surface area contributed by atoms with E-state index >= 15 is 0 Å². The Labute approximate surface area is 171 Å². The molecule has 1 aliphatic heterocycles. The summed E-state index contributed by atoms with van der Waals surface area (Å²) in [7, 11) is 0. The summed E-state index contributed by atoms with van der Waals surface area (Å²) in [6, 6.07) is 9.18. The lowest BCUT2D eigenvalue weighted by atomic mass is 9.86. The predicted octanol–water partition coefficient (Wildman–Crippen LogP) is 4.70. The fraction of sp³-hybridized carbons (Fsp3) is 0.417. The number of hydrogen-bond donors (Lipinski definition) is 1. The molecule has 1 aliphatic carbocycles. The van der Waals surface area contributed by atoms with Gasteiger partial charge in [0, 0.05) is 24.5 Å². The predicted molar refractivity (Wildman–Crippen MR) is 113 cm³/mol. The average molecular weight is 394 g/mol. The number of nitrogens with one attached hydrogen (secondary N) is 1. The van der Waals surface area contributed by atoms with Crippen LogP contribution in [-0.4, -0.2) is 18.7 Å². The van der Waals surface area contributed by atoms with Crippen LogP contribution in [0.25, 0.3) is 0 Å². The third-order valence-electron chi connectivity index (χ3n) is 6.48. The number of halogens is 1. The number of aldehydes is 1. The van der Waals surface area contributed by atoms with Gasteiger partial charge in [-0.1, -0.05) is 18.9 Å². The van der Waals surface area contributed by atoms with Gasteiger partial charge in [-0.2, -0.15) is 0 Å². The lowest BCUT2D eigenvalue weighted by molar-refractivity contribution is -0.132. The Morgan fingerprint density at radius 1 is 1.10 bits per heavy atom. The molecular weight excluding hydrogens is 367 g/mol. The van der Waals surface area contributed by atoms with E-state index in [-0.39, 0.29) is 11.7 Å². The summed E-state index contributed by atoms with van der Waals surface area (Å²) < 4.78 is 13.5. The van der Waals surface area contributed by atoms with Gasteiger partial charge in [-0.25, -0.2) is 4.39 Å². The second-order valence-corrected chi connectivity index (χ2v) is 8.47. The van der Waals surface area contributed by atoms with Crippen molar-refractivity contribution < 1.29 is 14.0 Å². The number of carbonyl (C=O) groups excluding carboxylic acids is 2. The van der Waals surface area contributed by atoms with Gasteiger partial charge in [-0.15, -0.1) is 0 Å². The molecule has 1 fully saturated rings. The minimum atomic E-state index is -0.872. The zero-order chi connectivity index (χ0) is 20.6. The monoisotopic (exact) mass is 394 g/mol. The van der Waals surface area contributed by atoms with Gasteiger partial charge in [0.25, 0.3) is 0 Å². The molecule has 1 saturated carbocycles. The molecule has 0 unspecified atom stereocenters. The van der Waals surface area contributed by atoms with Crippen molar-refractivity contribution in [3.63, 3.8) is 0 Å². The smallest absolute Gasteiger partial charge is 0.237 e. The summed E-state index contributed by atoms with van der Waals surface area (Å²) in [5, 5.41) is 3.03. The number of nitrogens with zero attached hydrogens (tertiary/aromatic N) is 1. The lowest BCUT2D eigenvalue weighted by Gasteiger charge is -2.32. The van der Waals surface area contributed by atoms with E-state index < -0.39 is 5.41 Å². The van der Waals surface area contributed by atoms with Gasteiger partial charge in [0.1, 0.15) is 17.5 Å². The van der Waals surface area contributed by atoms with Crippen LogP contribution < -0.4 is 10.2 Å². The van der Waals surface area contributed by atoms with Crippen molar-refractivity contribution in [2.75, 3.05) is 16.8 Å². The maximum absolute atomic E-state index is 13.5. The largest absolute Gasteiger partial charge is 0.367 e. The normalized spacial score (nSPS) is 17.7. The molecule has 1 amide bonds. The highest BCUT2D eigenvalue weighted by Crippen LogP contribution is 2.38. The maximum Gasteiger partial charge on any atom is 0.237 e. The molecule has 29 heavy (non-hydrogen) atoms. The first-order chi connectivity index (χ1) is 13.9. The summed E-state index contributed by atoms with van der Waals surface area (Å²) in [6.07, 6.45) is 4.75. The van der Waals surface area contributed by atoms with Gasteiger partial charge in [-0.3, -0.25) is 4.79 Å². The van der Waals surface area contributed by atoms with E-state index in [4.69, 9.17) is 0 Å². The second-order valence-electron chi connectivity index (χ2n) is 8.47. The minimum Gasteiger partial charge on any atom is -0.367 e. The third-order valence-corrected chi connectivity index (χ3v) is 6.48. The number of benzene rings is 2. The van der Waals surface area contributed by atoms with Crippen molar-refractivity contribution in [1.29, 1.82) is 0 Å². The van der Waals surface area contributed by atoms with Gasteiger partial charge < -0.3 is 15.0 Å². The molecule has 2 aromatic carbocycles. The summed E-state index contributed by atoms with van der Waals surface area (Å²) in [5.74, 6) is -0.364. The lowest BCUT2D eigenvalue weighted by Crippen LogP contribution is -2.35. The Hall–Kier alpha value is -2.69. The molecule has 4 rings (SSSR count). The van der Waals surface area contributed by atoms with Crippen LogP contribution in [-0.2, 0) is 22.6 Å². The van der Waals surface area contributed by atoms with Crippen LogP contribution in [0.5, 0.6) is 0 Å². The maximum atomic E-state index is 13.5. The van der Waals surface area contributed by atoms with Crippen LogP contribution in [0.4, 0.5) is 15.8 Å². The first-order valence-electron chi connectivity index (χ1n) is 10.3. The Bertz CT molecular complexity index is 940. The Balaban J connectivity index is 1.55. The standard InChI is InChI=1S/C24H27FN2O2/c1-16-11-21(27-10-7-18-13-20(25)6-5-19(18)14-27)12-17(2)22(16)26-23(29)24(15-28)8-3-4-9-24/h5-6,11-13,15H,3-4,7-10,14H2,1-2H3,(H,26,29). The van der Waals surface area contributed by atoms with Crippen LogP contribution in [0.15, 0.2) is 30.3 Å². The van der Waals surface area contributed by atoms with E-state index in [0.717, 1.165) is 72.3 Å². The van der Waals surface area contributed by atoms with Crippen molar-refractivity contribution in [2.24, 2.45) is 5.41 Å². The molecule has 0 radical (unpaired) electrons. The third kappa shape index (κ3) is 3.66. The summed E-state index contributed by atoms with van der Waals surface area (Å²) in [4.78, 5) is 26.7. The molecule has 152 valence electrons. The number of hydrogen-bond acceptors (Lipinski definition) is 3. The Morgan fingerprint density at radius 3 is 2.45 bits per heavy atom. The minimum absolute atomic E-state index is 0.181. The molecule has 1 heterocycles. The van der Waals surface area contributed by atoms with Crippen molar-refractivity contribution in [3.05, 3.63) is 58.4 Å². The number of aryl methyl sites for hydroxylation is 2. The quantitative estimate of drug-likeness (QED) is 0.604. The van der Waals surface area contributed by atoms with Gasteiger partial charge in [0.2, 0.25) is 5.91 Å². The first kappa shape index (κ1) is 19.6. The molecule has 0 spiro atoms. The van der Waals surface area contributed by atoms with Crippen LogP contribution in [0.2, 0.25) is 0 Å². The van der Waals surface area contributed by atoms with Gasteiger partial charge >= 0.3 is 0 Å². The summed E-state index contributed by atoms with van der Waals surface area (Å²) in [6.45, 7) is 5.55. The van der Waals surface area contributed by atoms with Crippen molar-refractivity contribution in [1.82, 2.24) is 0 Å². The van der Waals surface area contributed by atoms with Gasteiger partial charge in [0.05, 0.1) is 0 Å².